The van der Waals surface area contributed by atoms with Crippen LogP contribution in [0.15, 0.2) is 24.5 Å². The van der Waals surface area contributed by atoms with Crippen molar-refractivity contribution in [3.63, 3.8) is 0 Å². The van der Waals surface area contributed by atoms with E-state index in [0.717, 1.165) is 19.0 Å². The first-order valence-electron chi connectivity index (χ1n) is 5.42. The highest BCUT2D eigenvalue weighted by molar-refractivity contribution is 5.08. The van der Waals surface area contributed by atoms with Crippen LogP contribution in [0.2, 0.25) is 0 Å². The lowest BCUT2D eigenvalue weighted by Gasteiger charge is -2.10. The van der Waals surface area contributed by atoms with E-state index in [1.807, 2.05) is 12.4 Å². The van der Waals surface area contributed by atoms with Crippen molar-refractivity contribution in [3.8, 4) is 0 Å². The van der Waals surface area contributed by atoms with Crippen molar-refractivity contribution in [1.82, 2.24) is 10.3 Å². The highest BCUT2D eigenvalue weighted by atomic mass is 14.9. The van der Waals surface area contributed by atoms with Crippen molar-refractivity contribution in [2.24, 2.45) is 5.92 Å². The van der Waals surface area contributed by atoms with Crippen LogP contribution in [0.1, 0.15) is 32.3 Å². The molecule has 0 aliphatic heterocycles. The third kappa shape index (κ3) is 4.38. The number of pyridine rings is 1. The first-order chi connectivity index (χ1) is 6.83. The summed E-state index contributed by atoms with van der Waals surface area (Å²) in [6, 6.07) is 4.11. The van der Waals surface area contributed by atoms with E-state index in [9.17, 15) is 0 Å². The first-order valence-corrected chi connectivity index (χ1v) is 5.42. The van der Waals surface area contributed by atoms with E-state index < -0.39 is 0 Å². The average molecular weight is 192 g/mol. The molecular weight excluding hydrogens is 172 g/mol. The van der Waals surface area contributed by atoms with Crippen LogP contribution in [0.25, 0.3) is 0 Å². The maximum Gasteiger partial charge on any atom is 0.0271 e. The van der Waals surface area contributed by atoms with E-state index in [4.69, 9.17) is 0 Å². The molecule has 1 aromatic rings. The van der Waals surface area contributed by atoms with E-state index in [1.165, 1.54) is 18.4 Å². The van der Waals surface area contributed by atoms with E-state index in [-0.39, 0.29) is 0 Å². The summed E-state index contributed by atoms with van der Waals surface area (Å²) in [5.41, 5.74) is 1.31. The summed E-state index contributed by atoms with van der Waals surface area (Å²) in [7, 11) is 0. The SMILES string of the molecule is CCCC(C)CNCc1ccncc1. The first kappa shape index (κ1) is 11.2. The highest BCUT2D eigenvalue weighted by Crippen LogP contribution is 2.03. The van der Waals surface area contributed by atoms with Gasteiger partial charge in [0.2, 0.25) is 0 Å². The molecule has 1 unspecified atom stereocenters. The minimum absolute atomic E-state index is 0.779. The molecule has 0 fully saturated rings. The van der Waals surface area contributed by atoms with Crippen molar-refractivity contribution >= 4 is 0 Å². The van der Waals surface area contributed by atoms with Gasteiger partial charge in [0.1, 0.15) is 0 Å². The van der Waals surface area contributed by atoms with Crippen LogP contribution < -0.4 is 5.32 Å². The molecule has 1 atom stereocenters. The minimum atomic E-state index is 0.779. The molecule has 1 aromatic heterocycles. The fourth-order valence-corrected chi connectivity index (χ4v) is 1.56. The van der Waals surface area contributed by atoms with E-state index in [2.05, 4.69) is 36.3 Å². The van der Waals surface area contributed by atoms with Gasteiger partial charge in [0.05, 0.1) is 0 Å². The molecule has 0 aliphatic carbocycles. The van der Waals surface area contributed by atoms with Crippen molar-refractivity contribution in [2.45, 2.75) is 33.2 Å². The van der Waals surface area contributed by atoms with Gasteiger partial charge in [0.15, 0.2) is 0 Å². The van der Waals surface area contributed by atoms with Gasteiger partial charge < -0.3 is 5.32 Å². The van der Waals surface area contributed by atoms with Crippen LogP contribution >= 0.6 is 0 Å². The molecular formula is C12H20N2. The predicted molar refractivity (Wildman–Crippen MR) is 60.0 cm³/mol. The Morgan fingerprint density at radius 3 is 2.71 bits per heavy atom. The van der Waals surface area contributed by atoms with Crippen molar-refractivity contribution in [3.05, 3.63) is 30.1 Å². The van der Waals surface area contributed by atoms with Gasteiger partial charge in [-0.05, 0) is 36.6 Å². The minimum Gasteiger partial charge on any atom is -0.312 e. The highest BCUT2D eigenvalue weighted by Gasteiger charge is 1.99. The Labute approximate surface area is 86.8 Å². The summed E-state index contributed by atoms with van der Waals surface area (Å²) in [5, 5.41) is 3.46. The second kappa shape index (κ2) is 6.55. The number of aromatic nitrogens is 1. The Morgan fingerprint density at radius 2 is 2.07 bits per heavy atom. The fourth-order valence-electron chi connectivity index (χ4n) is 1.56. The summed E-state index contributed by atoms with van der Waals surface area (Å²) in [4.78, 5) is 3.99. The quantitative estimate of drug-likeness (QED) is 0.749. The van der Waals surface area contributed by atoms with Crippen LogP contribution in [-0.2, 0) is 6.54 Å². The summed E-state index contributed by atoms with van der Waals surface area (Å²) < 4.78 is 0. The van der Waals surface area contributed by atoms with Gasteiger partial charge in [-0.3, -0.25) is 4.98 Å². The molecule has 1 heterocycles. The molecule has 0 spiro atoms. The fraction of sp³-hybridized carbons (Fsp3) is 0.583. The van der Waals surface area contributed by atoms with E-state index >= 15 is 0 Å². The van der Waals surface area contributed by atoms with Gasteiger partial charge in [-0.15, -0.1) is 0 Å². The lowest BCUT2D eigenvalue weighted by atomic mass is 10.1. The zero-order valence-corrected chi connectivity index (χ0v) is 9.16. The van der Waals surface area contributed by atoms with E-state index in [0.29, 0.717) is 0 Å². The van der Waals surface area contributed by atoms with Gasteiger partial charge in [-0.1, -0.05) is 20.3 Å². The van der Waals surface area contributed by atoms with Crippen molar-refractivity contribution < 1.29 is 0 Å². The molecule has 0 aliphatic rings. The Balaban J connectivity index is 2.16. The molecule has 14 heavy (non-hydrogen) atoms. The maximum absolute atomic E-state index is 3.99. The monoisotopic (exact) mass is 192 g/mol. The number of nitrogens with one attached hydrogen (secondary N) is 1. The van der Waals surface area contributed by atoms with Gasteiger partial charge in [0, 0.05) is 18.9 Å². The average Bonchev–Trinajstić information content (AvgIpc) is 2.20. The maximum atomic E-state index is 3.99. The number of hydrogen-bond donors (Lipinski definition) is 1. The van der Waals surface area contributed by atoms with E-state index in [1.54, 1.807) is 0 Å². The second-order valence-electron chi connectivity index (χ2n) is 3.88. The summed E-state index contributed by atoms with van der Waals surface area (Å²) in [6.07, 6.45) is 6.26. The largest absolute Gasteiger partial charge is 0.312 e. The molecule has 0 bridgehead atoms. The molecule has 2 heteroatoms. The third-order valence-electron chi connectivity index (χ3n) is 2.35. The smallest absolute Gasteiger partial charge is 0.0271 e. The van der Waals surface area contributed by atoms with Crippen LogP contribution in [0.4, 0.5) is 0 Å². The molecule has 0 radical (unpaired) electrons. The second-order valence-corrected chi connectivity index (χ2v) is 3.88. The third-order valence-corrected chi connectivity index (χ3v) is 2.35. The van der Waals surface area contributed by atoms with Crippen LogP contribution in [-0.4, -0.2) is 11.5 Å². The van der Waals surface area contributed by atoms with Gasteiger partial charge in [0.25, 0.3) is 0 Å². The van der Waals surface area contributed by atoms with Gasteiger partial charge in [-0.2, -0.15) is 0 Å². The molecule has 78 valence electrons. The zero-order valence-electron chi connectivity index (χ0n) is 9.16. The summed E-state index contributed by atoms with van der Waals surface area (Å²) in [6.45, 7) is 6.59. The molecule has 0 aromatic carbocycles. The lowest BCUT2D eigenvalue weighted by Crippen LogP contribution is -2.20. The molecule has 1 rings (SSSR count). The molecule has 1 N–H and O–H groups in total. The molecule has 0 amide bonds. The predicted octanol–water partition coefficient (Wildman–Crippen LogP) is 2.61. The summed E-state index contributed by atoms with van der Waals surface area (Å²) >= 11 is 0. The Bertz CT molecular complexity index is 233. The molecule has 2 nitrogen and oxygen atoms in total. The van der Waals surface area contributed by atoms with Crippen LogP contribution in [0.5, 0.6) is 0 Å². The normalized spacial score (nSPS) is 12.7. The number of rotatable bonds is 6. The van der Waals surface area contributed by atoms with Gasteiger partial charge in [-0.25, -0.2) is 0 Å². The van der Waals surface area contributed by atoms with Crippen molar-refractivity contribution in [2.75, 3.05) is 6.54 Å². The Kier molecular flexibility index (Phi) is 5.23. The number of hydrogen-bond acceptors (Lipinski definition) is 2. The zero-order chi connectivity index (χ0) is 10.2. The van der Waals surface area contributed by atoms with Gasteiger partial charge >= 0.3 is 0 Å². The standard InChI is InChI=1S/C12H20N2/c1-3-4-11(2)9-14-10-12-5-7-13-8-6-12/h5-8,11,14H,3-4,9-10H2,1-2H3. The summed E-state index contributed by atoms with van der Waals surface area (Å²) in [5.74, 6) is 0.779. The van der Waals surface area contributed by atoms with Crippen LogP contribution in [0, 0.1) is 5.92 Å². The Morgan fingerprint density at radius 1 is 1.36 bits per heavy atom. The van der Waals surface area contributed by atoms with Crippen molar-refractivity contribution in [1.29, 1.82) is 0 Å². The topological polar surface area (TPSA) is 24.9 Å². The lowest BCUT2D eigenvalue weighted by molar-refractivity contribution is 0.476. The van der Waals surface area contributed by atoms with Crippen LogP contribution in [0.3, 0.4) is 0 Å². The Hall–Kier alpha value is -0.890. The number of nitrogens with zero attached hydrogens (tertiary/aromatic N) is 1. The molecule has 0 saturated heterocycles. The molecule has 0 saturated carbocycles.